The van der Waals surface area contributed by atoms with Gasteiger partial charge in [0.1, 0.15) is 5.82 Å². The highest BCUT2D eigenvalue weighted by molar-refractivity contribution is 7.82. The monoisotopic (exact) mass is 174 g/mol. The molecule has 1 aromatic heterocycles. The van der Waals surface area contributed by atoms with Gasteiger partial charge in [-0.2, -0.15) is 4.37 Å². The summed E-state index contributed by atoms with van der Waals surface area (Å²) in [4.78, 5) is 4.15. The Morgan fingerprint density at radius 2 is 2.00 bits per heavy atom. The van der Waals surface area contributed by atoms with E-state index in [1.165, 1.54) is 11.5 Å². The first-order valence-electron chi connectivity index (χ1n) is 3.03. The van der Waals surface area contributed by atoms with Crippen molar-refractivity contribution >= 4 is 24.2 Å². The summed E-state index contributed by atoms with van der Waals surface area (Å²) >= 11 is 5.42. The van der Waals surface area contributed by atoms with Gasteiger partial charge >= 0.3 is 0 Å². The molecular formula is C6H10N2S2. The van der Waals surface area contributed by atoms with Crippen molar-refractivity contribution in [2.75, 3.05) is 0 Å². The van der Waals surface area contributed by atoms with Gasteiger partial charge in [-0.15, -0.1) is 12.6 Å². The molecule has 0 atom stereocenters. The fraction of sp³-hybridized carbons (Fsp3) is 0.667. The highest BCUT2D eigenvalue weighted by Crippen LogP contribution is 2.21. The molecular weight excluding hydrogens is 164 g/mol. The van der Waals surface area contributed by atoms with Crippen LogP contribution in [-0.4, -0.2) is 9.36 Å². The summed E-state index contributed by atoms with van der Waals surface area (Å²) in [5, 5.41) is 0. The summed E-state index contributed by atoms with van der Waals surface area (Å²) in [7, 11) is 0. The molecule has 0 unspecified atom stereocenters. The van der Waals surface area contributed by atoms with Crippen molar-refractivity contribution in [3.05, 3.63) is 5.82 Å². The second-order valence-corrected chi connectivity index (χ2v) is 4.63. The third kappa shape index (κ3) is 1.70. The molecule has 56 valence electrons. The Morgan fingerprint density at radius 1 is 1.40 bits per heavy atom. The van der Waals surface area contributed by atoms with Gasteiger partial charge in [0.25, 0.3) is 0 Å². The third-order valence-corrected chi connectivity index (χ3v) is 1.95. The molecule has 1 aromatic rings. The van der Waals surface area contributed by atoms with Crippen molar-refractivity contribution in [1.82, 2.24) is 9.36 Å². The lowest BCUT2D eigenvalue weighted by Crippen LogP contribution is -2.12. The van der Waals surface area contributed by atoms with Gasteiger partial charge in [0, 0.05) is 5.41 Å². The summed E-state index contributed by atoms with van der Waals surface area (Å²) in [6, 6.07) is 0. The van der Waals surface area contributed by atoms with Gasteiger partial charge in [-0.3, -0.25) is 0 Å². The van der Waals surface area contributed by atoms with Gasteiger partial charge in [-0.1, -0.05) is 20.8 Å². The fourth-order valence-electron chi connectivity index (χ4n) is 0.520. The van der Waals surface area contributed by atoms with E-state index in [0.717, 1.165) is 10.2 Å². The highest BCUT2D eigenvalue weighted by Gasteiger charge is 2.18. The molecule has 0 radical (unpaired) electrons. The Bertz CT molecular complexity index is 224. The number of nitrogens with zero attached hydrogens (tertiary/aromatic N) is 2. The van der Waals surface area contributed by atoms with Crippen molar-refractivity contribution in [2.24, 2.45) is 0 Å². The summed E-state index contributed by atoms with van der Waals surface area (Å²) in [5.74, 6) is 0.877. The molecule has 0 aliphatic heterocycles. The molecule has 0 aromatic carbocycles. The zero-order chi connectivity index (χ0) is 7.78. The van der Waals surface area contributed by atoms with Gasteiger partial charge in [-0.25, -0.2) is 4.98 Å². The minimum Gasteiger partial charge on any atom is -0.213 e. The van der Waals surface area contributed by atoms with Gasteiger partial charge in [0.2, 0.25) is 0 Å². The lowest BCUT2D eigenvalue weighted by Gasteiger charge is -2.11. The van der Waals surface area contributed by atoms with Crippen LogP contribution in [0.4, 0.5) is 0 Å². The van der Waals surface area contributed by atoms with Gasteiger partial charge < -0.3 is 0 Å². The van der Waals surface area contributed by atoms with E-state index >= 15 is 0 Å². The van der Waals surface area contributed by atoms with Gasteiger partial charge in [0.15, 0.2) is 4.34 Å². The standard InChI is InChI=1S/C6H10N2S2/c1-6(2,3)4-7-5(9)10-8-4/h1-3H3,(H,7,8,9). The second-order valence-electron chi connectivity index (χ2n) is 3.15. The van der Waals surface area contributed by atoms with E-state index in [0.29, 0.717) is 0 Å². The molecule has 0 saturated carbocycles. The lowest BCUT2D eigenvalue weighted by atomic mass is 9.96. The number of aromatic nitrogens is 2. The SMILES string of the molecule is CC(C)(C)c1nsc(S)n1. The molecule has 0 bridgehead atoms. The van der Waals surface area contributed by atoms with E-state index in [2.05, 4.69) is 42.8 Å². The van der Waals surface area contributed by atoms with Gasteiger partial charge in [0.05, 0.1) is 0 Å². The Kier molecular flexibility index (Phi) is 2.01. The summed E-state index contributed by atoms with van der Waals surface area (Å²) in [6.07, 6.45) is 0. The third-order valence-electron chi connectivity index (χ3n) is 1.09. The van der Waals surface area contributed by atoms with Crippen LogP contribution in [0.3, 0.4) is 0 Å². The van der Waals surface area contributed by atoms with Crippen LogP contribution in [0.5, 0.6) is 0 Å². The minimum atomic E-state index is 0.0531. The first-order valence-corrected chi connectivity index (χ1v) is 4.25. The number of rotatable bonds is 0. The topological polar surface area (TPSA) is 25.8 Å². The summed E-state index contributed by atoms with van der Waals surface area (Å²) in [6.45, 7) is 6.26. The van der Waals surface area contributed by atoms with Crippen LogP contribution >= 0.6 is 24.2 Å². The van der Waals surface area contributed by atoms with Crippen LogP contribution in [-0.2, 0) is 5.41 Å². The molecule has 0 aliphatic rings. The molecule has 0 N–H and O–H groups in total. The van der Waals surface area contributed by atoms with Crippen LogP contribution in [0.1, 0.15) is 26.6 Å². The second kappa shape index (κ2) is 2.51. The van der Waals surface area contributed by atoms with Crippen LogP contribution in [0.15, 0.2) is 4.34 Å². The molecule has 0 saturated heterocycles. The smallest absolute Gasteiger partial charge is 0.167 e. The quantitative estimate of drug-likeness (QED) is 0.610. The maximum absolute atomic E-state index is 4.15. The molecule has 4 heteroatoms. The average molecular weight is 174 g/mol. The average Bonchev–Trinajstić information content (AvgIpc) is 2.11. The predicted molar refractivity (Wildman–Crippen MR) is 45.9 cm³/mol. The van der Waals surface area contributed by atoms with Crippen molar-refractivity contribution in [3.8, 4) is 0 Å². The van der Waals surface area contributed by atoms with E-state index in [1.807, 2.05) is 0 Å². The molecule has 10 heavy (non-hydrogen) atoms. The van der Waals surface area contributed by atoms with Crippen LogP contribution < -0.4 is 0 Å². The summed E-state index contributed by atoms with van der Waals surface area (Å²) < 4.78 is 4.88. The van der Waals surface area contributed by atoms with E-state index < -0.39 is 0 Å². The van der Waals surface area contributed by atoms with Gasteiger partial charge in [-0.05, 0) is 11.5 Å². The van der Waals surface area contributed by atoms with E-state index in [4.69, 9.17) is 0 Å². The molecule has 0 fully saturated rings. The normalized spacial score (nSPS) is 12.0. The Morgan fingerprint density at radius 3 is 2.20 bits per heavy atom. The molecule has 1 heterocycles. The lowest BCUT2D eigenvalue weighted by molar-refractivity contribution is 0.551. The van der Waals surface area contributed by atoms with E-state index in [9.17, 15) is 0 Å². The largest absolute Gasteiger partial charge is 0.213 e. The molecule has 0 amide bonds. The van der Waals surface area contributed by atoms with Crippen molar-refractivity contribution < 1.29 is 0 Å². The zero-order valence-corrected chi connectivity index (χ0v) is 7.96. The minimum absolute atomic E-state index is 0.0531. The predicted octanol–water partition coefficient (Wildman–Crippen LogP) is 2.12. The molecule has 0 aliphatic carbocycles. The molecule has 2 nitrogen and oxygen atoms in total. The van der Waals surface area contributed by atoms with Crippen LogP contribution in [0, 0.1) is 0 Å². The maximum atomic E-state index is 4.15. The van der Waals surface area contributed by atoms with Crippen LogP contribution in [0.2, 0.25) is 0 Å². The molecule has 1 rings (SSSR count). The first kappa shape index (κ1) is 8.01. The fourth-order valence-corrected chi connectivity index (χ4v) is 1.35. The van der Waals surface area contributed by atoms with E-state index in [1.54, 1.807) is 0 Å². The Balaban J connectivity index is 2.96. The van der Waals surface area contributed by atoms with Crippen LogP contribution in [0.25, 0.3) is 0 Å². The number of hydrogen-bond acceptors (Lipinski definition) is 4. The van der Waals surface area contributed by atoms with E-state index in [-0.39, 0.29) is 5.41 Å². The number of hydrogen-bond donors (Lipinski definition) is 1. The number of thiol groups is 1. The highest BCUT2D eigenvalue weighted by atomic mass is 32.2. The Labute approximate surface area is 70.3 Å². The summed E-state index contributed by atoms with van der Waals surface area (Å²) in [5.41, 5.74) is 0.0531. The maximum Gasteiger partial charge on any atom is 0.167 e. The van der Waals surface area contributed by atoms with Crippen molar-refractivity contribution in [2.45, 2.75) is 30.5 Å². The Hall–Kier alpha value is -0.0900. The first-order chi connectivity index (χ1) is 4.50. The molecule has 0 spiro atoms. The van der Waals surface area contributed by atoms with Crippen molar-refractivity contribution in [3.63, 3.8) is 0 Å². The zero-order valence-electron chi connectivity index (χ0n) is 6.25. The van der Waals surface area contributed by atoms with Crippen molar-refractivity contribution in [1.29, 1.82) is 0 Å².